The highest BCUT2D eigenvalue weighted by Crippen LogP contribution is 2.40. The van der Waals surface area contributed by atoms with Crippen molar-refractivity contribution >= 4 is 40.8 Å². The summed E-state index contributed by atoms with van der Waals surface area (Å²) in [5.41, 5.74) is 2.81. The highest BCUT2D eigenvalue weighted by Gasteiger charge is 2.33. The first-order valence-corrected chi connectivity index (χ1v) is 14.9. The molecule has 2 fully saturated rings. The fraction of sp³-hybridized carbons (Fsp3) is 0.548. The largest absolute Gasteiger partial charge is 0.352 e. The third-order valence-corrected chi connectivity index (χ3v) is 8.21. The van der Waals surface area contributed by atoms with Crippen LogP contribution < -0.4 is 16.0 Å². The molecule has 2 unspecified atom stereocenters. The molecule has 1 saturated carbocycles. The van der Waals surface area contributed by atoms with Crippen molar-refractivity contribution in [1.29, 1.82) is 0 Å². The summed E-state index contributed by atoms with van der Waals surface area (Å²) in [6, 6.07) is 14.1. The predicted octanol–water partition coefficient (Wildman–Crippen LogP) is 6.63. The number of halogens is 2. The maximum Gasteiger partial charge on any atom is 0.251 e. The van der Waals surface area contributed by atoms with Crippen molar-refractivity contribution < 1.29 is 4.79 Å². The number of aliphatic imine (C=N–C) groups is 1. The maximum absolute atomic E-state index is 12.8. The van der Waals surface area contributed by atoms with Crippen molar-refractivity contribution in [1.82, 2.24) is 15.5 Å². The molecule has 6 nitrogen and oxygen atoms in total. The predicted molar refractivity (Wildman–Crippen MR) is 164 cm³/mol. The van der Waals surface area contributed by atoms with Crippen LogP contribution in [0.15, 0.2) is 47.5 Å². The molecule has 39 heavy (non-hydrogen) atoms. The molecule has 1 aliphatic carbocycles. The van der Waals surface area contributed by atoms with Crippen molar-refractivity contribution in [3.63, 3.8) is 0 Å². The molecule has 4 atom stereocenters. The Kier molecular flexibility index (Phi) is 9.84. The van der Waals surface area contributed by atoms with Crippen LogP contribution in [0.4, 0.5) is 5.69 Å². The Morgan fingerprint density at radius 3 is 2.38 bits per heavy atom. The molecule has 4 rings (SSSR count). The Bertz CT molecular complexity index is 1160. The standard InChI is InChI=1S/C31H43Cl2N5O/c1-20-14-27(17-31(4,5)16-20)37-30(38-18-21(2)35-22(3)19-38)36-26-10-7-24(8-11-26)29(39)34-13-12-23-6-9-25(32)15-28(23)33/h6-11,15,20-22,27,35H,12-14,16-19H2,1-5H3,(H,34,39)(H,36,37)/t20?,21-,22+,27?. The minimum Gasteiger partial charge on any atom is -0.352 e. The van der Waals surface area contributed by atoms with Gasteiger partial charge in [0, 0.05) is 53.0 Å². The van der Waals surface area contributed by atoms with Crippen LogP contribution in [0.25, 0.3) is 0 Å². The molecule has 1 amide bonds. The lowest BCUT2D eigenvalue weighted by Gasteiger charge is -2.40. The Balaban J connectivity index is 1.43. The molecular weight excluding hydrogens is 529 g/mol. The normalized spacial score (nSPS) is 25.3. The summed E-state index contributed by atoms with van der Waals surface area (Å²) in [6.45, 7) is 13.8. The van der Waals surface area contributed by atoms with E-state index in [9.17, 15) is 4.79 Å². The van der Waals surface area contributed by atoms with Gasteiger partial charge in [0.2, 0.25) is 0 Å². The van der Waals surface area contributed by atoms with Gasteiger partial charge in [-0.15, -0.1) is 0 Å². The van der Waals surface area contributed by atoms with Crippen molar-refractivity contribution in [3.8, 4) is 0 Å². The Labute approximate surface area is 243 Å². The van der Waals surface area contributed by atoms with Gasteiger partial charge in [0.1, 0.15) is 0 Å². The Morgan fingerprint density at radius 1 is 1.05 bits per heavy atom. The van der Waals surface area contributed by atoms with E-state index < -0.39 is 0 Å². The Morgan fingerprint density at radius 2 is 1.74 bits per heavy atom. The van der Waals surface area contributed by atoms with Crippen LogP contribution in [0, 0.1) is 11.3 Å². The lowest BCUT2D eigenvalue weighted by atomic mass is 9.71. The third kappa shape index (κ3) is 8.60. The SMILES string of the molecule is CC1CC(N=C(Nc2ccc(C(=O)NCCc3ccc(Cl)cc3Cl)cc2)N2C[C@@H](C)N[C@@H](C)C2)CC(C)(C)C1. The maximum atomic E-state index is 12.8. The molecule has 2 aromatic carbocycles. The van der Waals surface area contributed by atoms with E-state index in [1.54, 1.807) is 6.07 Å². The summed E-state index contributed by atoms with van der Waals surface area (Å²) in [6.07, 6.45) is 4.10. The second kappa shape index (κ2) is 12.9. The molecule has 8 heteroatoms. The van der Waals surface area contributed by atoms with Gasteiger partial charge in [0.25, 0.3) is 5.91 Å². The second-order valence-electron chi connectivity index (χ2n) is 12.3. The van der Waals surface area contributed by atoms with Gasteiger partial charge in [-0.05, 0) is 92.8 Å². The fourth-order valence-electron chi connectivity index (χ4n) is 6.23. The number of rotatable bonds is 6. The number of anilines is 1. The molecule has 1 heterocycles. The number of carbonyl (C=O) groups excluding carboxylic acids is 1. The van der Waals surface area contributed by atoms with Gasteiger partial charge in [-0.3, -0.25) is 4.79 Å². The van der Waals surface area contributed by atoms with Gasteiger partial charge in [0.15, 0.2) is 5.96 Å². The van der Waals surface area contributed by atoms with E-state index >= 15 is 0 Å². The zero-order valence-corrected chi connectivity index (χ0v) is 25.4. The van der Waals surface area contributed by atoms with Gasteiger partial charge < -0.3 is 20.9 Å². The number of piperazine rings is 1. The summed E-state index contributed by atoms with van der Waals surface area (Å²) in [7, 11) is 0. The number of benzene rings is 2. The zero-order chi connectivity index (χ0) is 28.2. The molecule has 3 N–H and O–H groups in total. The summed E-state index contributed by atoms with van der Waals surface area (Å²) < 4.78 is 0. The van der Waals surface area contributed by atoms with E-state index in [-0.39, 0.29) is 5.91 Å². The van der Waals surface area contributed by atoms with Crippen LogP contribution in [-0.2, 0) is 6.42 Å². The number of hydrogen-bond acceptors (Lipinski definition) is 3. The van der Waals surface area contributed by atoms with Gasteiger partial charge in [-0.2, -0.15) is 0 Å². The first-order valence-electron chi connectivity index (χ1n) is 14.2. The van der Waals surface area contributed by atoms with E-state index in [0.29, 0.717) is 58.0 Å². The van der Waals surface area contributed by atoms with E-state index in [1.165, 1.54) is 6.42 Å². The van der Waals surface area contributed by atoms with Crippen LogP contribution >= 0.6 is 23.2 Å². The molecule has 0 spiro atoms. The summed E-state index contributed by atoms with van der Waals surface area (Å²) in [5, 5.41) is 11.4. The van der Waals surface area contributed by atoms with Gasteiger partial charge in [0.05, 0.1) is 6.04 Å². The molecule has 1 saturated heterocycles. The number of carbonyl (C=O) groups is 1. The average Bonchev–Trinajstić information content (AvgIpc) is 2.83. The highest BCUT2D eigenvalue weighted by molar-refractivity contribution is 6.35. The molecule has 0 aromatic heterocycles. The van der Waals surface area contributed by atoms with Crippen molar-refractivity contribution in [2.75, 3.05) is 25.0 Å². The van der Waals surface area contributed by atoms with Crippen LogP contribution in [-0.4, -0.2) is 54.5 Å². The summed E-state index contributed by atoms with van der Waals surface area (Å²) in [4.78, 5) is 20.4. The number of amides is 1. The second-order valence-corrected chi connectivity index (χ2v) is 13.2. The van der Waals surface area contributed by atoms with Crippen molar-refractivity contribution in [2.45, 2.75) is 78.4 Å². The van der Waals surface area contributed by atoms with E-state index in [2.05, 4.69) is 55.5 Å². The van der Waals surface area contributed by atoms with Gasteiger partial charge >= 0.3 is 0 Å². The molecular formula is C31H43Cl2N5O. The molecule has 2 aromatic rings. The molecule has 0 radical (unpaired) electrons. The average molecular weight is 573 g/mol. The fourth-order valence-corrected chi connectivity index (χ4v) is 6.73. The number of nitrogens with zero attached hydrogens (tertiary/aromatic N) is 2. The van der Waals surface area contributed by atoms with E-state index in [0.717, 1.165) is 43.1 Å². The molecule has 212 valence electrons. The van der Waals surface area contributed by atoms with Gasteiger partial charge in [-0.25, -0.2) is 4.99 Å². The number of nitrogens with one attached hydrogen (secondary N) is 3. The van der Waals surface area contributed by atoms with Crippen LogP contribution in [0.5, 0.6) is 0 Å². The quantitative estimate of drug-likeness (QED) is 0.269. The van der Waals surface area contributed by atoms with Crippen LogP contribution in [0.2, 0.25) is 10.0 Å². The van der Waals surface area contributed by atoms with Gasteiger partial charge in [-0.1, -0.05) is 50.0 Å². The lowest BCUT2D eigenvalue weighted by Crippen LogP contribution is -2.57. The number of guanidine groups is 1. The van der Waals surface area contributed by atoms with Crippen LogP contribution in [0.3, 0.4) is 0 Å². The third-order valence-electron chi connectivity index (χ3n) is 7.62. The molecule has 0 bridgehead atoms. The van der Waals surface area contributed by atoms with E-state index in [1.807, 2.05) is 36.4 Å². The minimum atomic E-state index is -0.108. The van der Waals surface area contributed by atoms with Crippen molar-refractivity contribution in [2.24, 2.45) is 16.3 Å². The zero-order valence-electron chi connectivity index (χ0n) is 23.9. The minimum absolute atomic E-state index is 0.108. The molecule has 2 aliphatic rings. The summed E-state index contributed by atoms with van der Waals surface area (Å²) >= 11 is 12.2. The monoisotopic (exact) mass is 571 g/mol. The van der Waals surface area contributed by atoms with E-state index in [4.69, 9.17) is 28.2 Å². The Hall–Kier alpha value is -2.28. The number of hydrogen-bond donors (Lipinski definition) is 3. The van der Waals surface area contributed by atoms with Crippen LogP contribution in [0.1, 0.15) is 69.8 Å². The topological polar surface area (TPSA) is 68.8 Å². The smallest absolute Gasteiger partial charge is 0.251 e. The highest BCUT2D eigenvalue weighted by atomic mass is 35.5. The lowest BCUT2D eigenvalue weighted by molar-refractivity contribution is 0.0954. The summed E-state index contributed by atoms with van der Waals surface area (Å²) in [5.74, 6) is 1.49. The van der Waals surface area contributed by atoms with Crippen molar-refractivity contribution in [3.05, 3.63) is 63.6 Å². The first-order chi connectivity index (χ1) is 18.5. The molecule has 1 aliphatic heterocycles. The first kappa shape index (κ1) is 29.7.